The van der Waals surface area contributed by atoms with Gasteiger partial charge in [0.25, 0.3) is 0 Å². The van der Waals surface area contributed by atoms with Gasteiger partial charge in [-0.25, -0.2) is 9.59 Å². The third-order valence-corrected chi connectivity index (χ3v) is 3.98. The summed E-state index contributed by atoms with van der Waals surface area (Å²) in [6.45, 7) is 7.40. The zero-order valence-electron chi connectivity index (χ0n) is 17.4. The van der Waals surface area contributed by atoms with Crippen LogP contribution in [0.4, 0.5) is 4.79 Å². The fraction of sp³-hybridized carbons (Fsp3) is 0.391. The van der Waals surface area contributed by atoms with Crippen LogP contribution in [0, 0.1) is 0 Å². The lowest BCUT2D eigenvalue weighted by Crippen LogP contribution is -2.50. The number of hydrogen-bond acceptors (Lipinski definition) is 5. The Hall–Kier alpha value is -2.86. The summed E-state index contributed by atoms with van der Waals surface area (Å²) in [5.41, 5.74) is 1.14. The Morgan fingerprint density at radius 3 is 1.93 bits per heavy atom. The molecule has 2 aromatic carbocycles. The highest BCUT2D eigenvalue weighted by atomic mass is 16.6. The second kappa shape index (κ2) is 10.6. The van der Waals surface area contributed by atoms with Crippen LogP contribution in [0.15, 0.2) is 60.7 Å². The Labute approximate surface area is 172 Å². The van der Waals surface area contributed by atoms with Crippen molar-refractivity contribution in [2.45, 2.75) is 58.7 Å². The van der Waals surface area contributed by atoms with Gasteiger partial charge in [0.05, 0.1) is 12.7 Å². The van der Waals surface area contributed by atoms with Crippen molar-refractivity contribution in [2.75, 3.05) is 0 Å². The Morgan fingerprint density at radius 1 is 0.897 bits per heavy atom. The zero-order valence-corrected chi connectivity index (χ0v) is 17.4. The number of benzene rings is 2. The fourth-order valence-corrected chi connectivity index (χ4v) is 2.52. The van der Waals surface area contributed by atoms with E-state index in [2.05, 4.69) is 5.32 Å². The Balaban J connectivity index is 2.02. The molecule has 6 heteroatoms. The molecule has 0 aliphatic heterocycles. The first kappa shape index (κ1) is 22.4. The first-order valence-corrected chi connectivity index (χ1v) is 9.60. The highest BCUT2D eigenvalue weighted by Gasteiger charge is 2.31. The Bertz CT molecular complexity index is 771. The molecule has 2 aromatic rings. The van der Waals surface area contributed by atoms with Crippen molar-refractivity contribution in [1.29, 1.82) is 0 Å². The molecule has 0 fully saturated rings. The summed E-state index contributed by atoms with van der Waals surface area (Å²) in [6.07, 6.45) is -1.32. The molecule has 6 nitrogen and oxygen atoms in total. The van der Waals surface area contributed by atoms with Crippen molar-refractivity contribution >= 4 is 12.1 Å². The molecule has 0 aliphatic carbocycles. The minimum atomic E-state index is -1.00. The van der Waals surface area contributed by atoms with E-state index in [0.29, 0.717) is 6.61 Å². The van der Waals surface area contributed by atoms with Crippen molar-refractivity contribution < 1.29 is 23.8 Å². The van der Waals surface area contributed by atoms with Gasteiger partial charge in [0, 0.05) is 0 Å². The van der Waals surface area contributed by atoms with Crippen LogP contribution in [-0.2, 0) is 32.2 Å². The number of hydrogen-bond donors (Lipinski definition) is 1. The monoisotopic (exact) mass is 399 g/mol. The van der Waals surface area contributed by atoms with Gasteiger partial charge in [-0.2, -0.15) is 0 Å². The van der Waals surface area contributed by atoms with E-state index in [1.807, 2.05) is 60.7 Å². The van der Waals surface area contributed by atoms with Gasteiger partial charge in [0.2, 0.25) is 0 Å². The molecule has 0 unspecified atom stereocenters. The lowest BCUT2D eigenvalue weighted by atomic mass is 10.1. The molecule has 0 aromatic heterocycles. The fourth-order valence-electron chi connectivity index (χ4n) is 2.52. The molecule has 1 amide bonds. The van der Waals surface area contributed by atoms with E-state index < -0.39 is 29.8 Å². The topological polar surface area (TPSA) is 73.9 Å². The predicted molar refractivity (Wildman–Crippen MR) is 110 cm³/mol. The molecule has 2 atom stereocenters. The van der Waals surface area contributed by atoms with E-state index >= 15 is 0 Å². The maximum atomic E-state index is 12.7. The molecular weight excluding hydrogens is 370 g/mol. The van der Waals surface area contributed by atoms with E-state index in [9.17, 15) is 9.59 Å². The van der Waals surface area contributed by atoms with Gasteiger partial charge in [-0.15, -0.1) is 0 Å². The second-order valence-electron chi connectivity index (χ2n) is 7.72. The number of nitrogens with one attached hydrogen (secondary N) is 1. The van der Waals surface area contributed by atoms with Crippen LogP contribution in [0.1, 0.15) is 38.8 Å². The van der Waals surface area contributed by atoms with Gasteiger partial charge in [0.1, 0.15) is 12.2 Å². The number of ether oxygens (including phenoxy) is 3. The van der Waals surface area contributed by atoms with Gasteiger partial charge < -0.3 is 19.5 Å². The summed E-state index contributed by atoms with van der Waals surface area (Å²) in [5.74, 6) is -0.583. The van der Waals surface area contributed by atoms with Crippen molar-refractivity contribution in [1.82, 2.24) is 5.32 Å². The number of rotatable bonds is 8. The van der Waals surface area contributed by atoms with Gasteiger partial charge in [-0.1, -0.05) is 60.7 Å². The molecule has 0 bridgehead atoms. The largest absolute Gasteiger partial charge is 0.459 e. The minimum Gasteiger partial charge on any atom is -0.459 e. The van der Waals surface area contributed by atoms with E-state index in [1.54, 1.807) is 27.7 Å². The van der Waals surface area contributed by atoms with Crippen molar-refractivity contribution in [3.05, 3.63) is 71.8 Å². The van der Waals surface area contributed by atoms with E-state index in [-0.39, 0.29) is 6.61 Å². The number of esters is 1. The molecule has 2 rings (SSSR count). The molecule has 0 heterocycles. The lowest BCUT2D eigenvalue weighted by Gasteiger charge is -2.26. The third-order valence-electron chi connectivity index (χ3n) is 3.98. The Kier molecular flexibility index (Phi) is 8.21. The first-order chi connectivity index (χ1) is 13.7. The summed E-state index contributed by atoms with van der Waals surface area (Å²) < 4.78 is 16.5. The smallest absolute Gasteiger partial charge is 0.408 e. The van der Waals surface area contributed by atoms with Crippen molar-refractivity contribution in [3.63, 3.8) is 0 Å². The highest BCUT2D eigenvalue weighted by molar-refractivity contribution is 5.82. The standard InChI is InChI=1S/C23H29NO5/c1-17(27-15-18-11-7-5-8-12-18)20(24-22(26)29-23(2,3)4)21(25)28-16-19-13-9-6-10-14-19/h5-14,17,20H,15-16H2,1-4H3,(H,24,26)/t17-,20+/m1/s1. The molecule has 0 saturated heterocycles. The summed E-state index contributed by atoms with van der Waals surface area (Å²) in [7, 11) is 0. The summed E-state index contributed by atoms with van der Waals surface area (Å²) in [4.78, 5) is 24.9. The molecular formula is C23H29NO5. The van der Waals surface area contributed by atoms with Gasteiger partial charge in [0.15, 0.2) is 6.04 Å². The first-order valence-electron chi connectivity index (χ1n) is 9.60. The lowest BCUT2D eigenvalue weighted by molar-refractivity contribution is -0.151. The van der Waals surface area contributed by atoms with Crippen LogP contribution >= 0.6 is 0 Å². The normalized spacial score (nSPS) is 13.2. The quantitative estimate of drug-likeness (QED) is 0.673. The predicted octanol–water partition coefficient (Wildman–Crippen LogP) is 4.23. The van der Waals surface area contributed by atoms with Gasteiger partial charge in [-0.3, -0.25) is 0 Å². The molecule has 29 heavy (non-hydrogen) atoms. The van der Waals surface area contributed by atoms with E-state index in [4.69, 9.17) is 14.2 Å². The summed E-state index contributed by atoms with van der Waals surface area (Å²) in [6, 6.07) is 17.9. The average molecular weight is 399 g/mol. The van der Waals surface area contributed by atoms with E-state index in [0.717, 1.165) is 11.1 Å². The molecule has 1 N–H and O–H groups in total. The number of amides is 1. The number of carbonyl (C=O) groups is 2. The summed E-state index contributed by atoms with van der Waals surface area (Å²) >= 11 is 0. The maximum Gasteiger partial charge on any atom is 0.408 e. The number of carbonyl (C=O) groups excluding carboxylic acids is 2. The van der Waals surface area contributed by atoms with E-state index in [1.165, 1.54) is 0 Å². The van der Waals surface area contributed by atoms with Crippen molar-refractivity contribution in [3.8, 4) is 0 Å². The van der Waals surface area contributed by atoms with Crippen LogP contribution < -0.4 is 5.32 Å². The SMILES string of the molecule is C[C@@H](OCc1ccccc1)[C@H](NC(=O)OC(C)(C)C)C(=O)OCc1ccccc1. The van der Waals surface area contributed by atoms with Crippen LogP contribution in [-0.4, -0.2) is 29.8 Å². The maximum absolute atomic E-state index is 12.7. The van der Waals surface area contributed by atoms with Crippen LogP contribution in [0.2, 0.25) is 0 Å². The summed E-state index contributed by atoms with van der Waals surface area (Å²) in [5, 5.41) is 2.58. The zero-order chi connectivity index (χ0) is 21.3. The number of alkyl carbamates (subject to hydrolysis) is 1. The van der Waals surface area contributed by atoms with Crippen LogP contribution in [0.25, 0.3) is 0 Å². The third kappa shape index (κ3) is 8.35. The Morgan fingerprint density at radius 2 is 1.41 bits per heavy atom. The van der Waals surface area contributed by atoms with Crippen LogP contribution in [0.3, 0.4) is 0 Å². The molecule has 0 radical (unpaired) electrons. The van der Waals surface area contributed by atoms with Gasteiger partial charge in [-0.05, 0) is 38.8 Å². The average Bonchev–Trinajstić information content (AvgIpc) is 2.68. The molecule has 156 valence electrons. The minimum absolute atomic E-state index is 0.109. The highest BCUT2D eigenvalue weighted by Crippen LogP contribution is 2.12. The van der Waals surface area contributed by atoms with Crippen LogP contribution in [0.5, 0.6) is 0 Å². The van der Waals surface area contributed by atoms with Crippen molar-refractivity contribution in [2.24, 2.45) is 0 Å². The second-order valence-corrected chi connectivity index (χ2v) is 7.72. The molecule has 0 saturated carbocycles. The van der Waals surface area contributed by atoms with Gasteiger partial charge >= 0.3 is 12.1 Å². The molecule has 0 spiro atoms. The molecule has 0 aliphatic rings.